The summed E-state index contributed by atoms with van der Waals surface area (Å²) in [5, 5.41) is 0. The van der Waals surface area contributed by atoms with Crippen molar-refractivity contribution in [2.45, 2.75) is 57.4 Å². The molecule has 1 saturated carbocycles. The highest BCUT2D eigenvalue weighted by Crippen LogP contribution is 2.31. The summed E-state index contributed by atoms with van der Waals surface area (Å²) in [4.78, 5) is 18.9. The predicted octanol–water partition coefficient (Wildman–Crippen LogP) is 3.36. The summed E-state index contributed by atoms with van der Waals surface area (Å²) in [6.45, 7) is 6.54. The number of amides is 1. The standard InChI is InChI=1S/C18H27N3O/c1-2-3-9-17(22)20-11-5-8-16(14-20)18-19-10-12-21(18)13-15-6-4-7-15/h2,10,12,15-16H,1,3-9,11,13-14H2/t16-/m0/s1. The Bertz CT molecular complexity index is 518. The van der Waals surface area contributed by atoms with Crippen LogP contribution in [0.4, 0.5) is 0 Å². The van der Waals surface area contributed by atoms with Gasteiger partial charge >= 0.3 is 0 Å². The number of imidazole rings is 1. The molecule has 1 saturated heterocycles. The molecule has 1 aromatic heterocycles. The van der Waals surface area contributed by atoms with Crippen LogP contribution in [0.15, 0.2) is 25.0 Å². The lowest BCUT2D eigenvalue weighted by molar-refractivity contribution is -0.132. The summed E-state index contributed by atoms with van der Waals surface area (Å²) in [7, 11) is 0. The van der Waals surface area contributed by atoms with Gasteiger partial charge in [-0.15, -0.1) is 6.58 Å². The minimum absolute atomic E-state index is 0.265. The zero-order chi connectivity index (χ0) is 15.4. The molecule has 0 spiro atoms. The molecule has 1 atom stereocenters. The van der Waals surface area contributed by atoms with E-state index in [1.807, 2.05) is 17.2 Å². The van der Waals surface area contributed by atoms with E-state index in [0.717, 1.165) is 44.8 Å². The molecule has 2 heterocycles. The van der Waals surface area contributed by atoms with E-state index >= 15 is 0 Å². The molecular weight excluding hydrogens is 274 g/mol. The van der Waals surface area contributed by atoms with Crippen molar-refractivity contribution >= 4 is 5.91 Å². The SMILES string of the molecule is C=CCCC(=O)N1CCC[C@H](c2nccn2CC2CCC2)C1. The van der Waals surface area contributed by atoms with Crippen molar-refractivity contribution in [2.24, 2.45) is 5.92 Å². The van der Waals surface area contributed by atoms with Crippen molar-refractivity contribution in [1.29, 1.82) is 0 Å². The first kappa shape index (κ1) is 15.3. The summed E-state index contributed by atoms with van der Waals surface area (Å²) < 4.78 is 2.34. The molecule has 0 aromatic carbocycles. The van der Waals surface area contributed by atoms with Gasteiger partial charge in [-0.25, -0.2) is 4.98 Å². The normalized spacial score (nSPS) is 22.4. The Labute approximate surface area is 133 Å². The van der Waals surface area contributed by atoms with E-state index in [1.54, 1.807) is 0 Å². The summed E-state index contributed by atoms with van der Waals surface area (Å²) in [5.74, 6) is 2.69. The Morgan fingerprint density at radius 3 is 2.95 bits per heavy atom. The third-order valence-electron chi connectivity index (χ3n) is 5.13. The molecule has 0 bridgehead atoms. The number of aromatic nitrogens is 2. The number of allylic oxidation sites excluding steroid dienone is 1. The Hall–Kier alpha value is -1.58. The molecule has 1 aliphatic heterocycles. The number of carbonyl (C=O) groups is 1. The first-order valence-electron chi connectivity index (χ1n) is 8.67. The molecule has 1 amide bonds. The highest BCUT2D eigenvalue weighted by atomic mass is 16.2. The molecule has 2 fully saturated rings. The van der Waals surface area contributed by atoms with Gasteiger partial charge in [0.2, 0.25) is 5.91 Å². The van der Waals surface area contributed by atoms with Crippen LogP contribution in [-0.4, -0.2) is 33.4 Å². The highest BCUT2D eigenvalue weighted by molar-refractivity contribution is 5.76. The number of carbonyl (C=O) groups excluding carboxylic acids is 1. The molecular formula is C18H27N3O. The summed E-state index contributed by atoms with van der Waals surface area (Å²) in [6, 6.07) is 0. The number of hydrogen-bond acceptors (Lipinski definition) is 2. The van der Waals surface area contributed by atoms with Gasteiger partial charge in [-0.3, -0.25) is 4.79 Å². The van der Waals surface area contributed by atoms with Gasteiger partial charge in [0, 0.05) is 44.4 Å². The Morgan fingerprint density at radius 1 is 1.36 bits per heavy atom. The van der Waals surface area contributed by atoms with E-state index in [1.165, 1.54) is 25.1 Å². The van der Waals surface area contributed by atoms with Crippen LogP contribution in [-0.2, 0) is 11.3 Å². The predicted molar refractivity (Wildman–Crippen MR) is 87.6 cm³/mol. The van der Waals surface area contributed by atoms with Crippen molar-refractivity contribution in [1.82, 2.24) is 14.5 Å². The Kier molecular flexibility index (Phi) is 4.96. The van der Waals surface area contributed by atoms with Gasteiger partial charge in [-0.05, 0) is 38.0 Å². The lowest BCUT2D eigenvalue weighted by Gasteiger charge is -2.33. The van der Waals surface area contributed by atoms with Gasteiger partial charge in [0.15, 0.2) is 0 Å². The zero-order valence-electron chi connectivity index (χ0n) is 13.4. The summed E-state index contributed by atoms with van der Waals surface area (Å²) in [6.07, 6.45) is 13.5. The fourth-order valence-electron chi connectivity index (χ4n) is 3.59. The summed E-state index contributed by atoms with van der Waals surface area (Å²) in [5.41, 5.74) is 0. The smallest absolute Gasteiger partial charge is 0.222 e. The molecule has 3 rings (SSSR count). The Balaban J connectivity index is 1.63. The van der Waals surface area contributed by atoms with Crippen molar-refractivity contribution < 1.29 is 4.79 Å². The van der Waals surface area contributed by atoms with Gasteiger partial charge in [-0.1, -0.05) is 12.5 Å². The molecule has 1 aliphatic carbocycles. The first-order chi connectivity index (χ1) is 10.8. The maximum atomic E-state index is 12.2. The van der Waals surface area contributed by atoms with Crippen LogP contribution in [0.3, 0.4) is 0 Å². The van der Waals surface area contributed by atoms with E-state index in [-0.39, 0.29) is 5.91 Å². The maximum absolute atomic E-state index is 12.2. The summed E-state index contributed by atoms with van der Waals surface area (Å²) >= 11 is 0. The van der Waals surface area contributed by atoms with Crippen LogP contribution in [0, 0.1) is 5.92 Å². The van der Waals surface area contributed by atoms with Gasteiger partial charge < -0.3 is 9.47 Å². The fraction of sp³-hybridized carbons (Fsp3) is 0.667. The highest BCUT2D eigenvalue weighted by Gasteiger charge is 2.28. The molecule has 120 valence electrons. The Morgan fingerprint density at radius 2 is 2.23 bits per heavy atom. The molecule has 4 heteroatoms. The molecule has 0 N–H and O–H groups in total. The largest absolute Gasteiger partial charge is 0.342 e. The van der Waals surface area contributed by atoms with Gasteiger partial charge in [0.05, 0.1) is 0 Å². The second-order valence-corrected chi connectivity index (χ2v) is 6.74. The first-order valence-corrected chi connectivity index (χ1v) is 8.67. The van der Waals surface area contributed by atoms with Crippen LogP contribution in [0.2, 0.25) is 0 Å². The van der Waals surface area contributed by atoms with Crippen LogP contribution < -0.4 is 0 Å². The number of nitrogens with zero attached hydrogens (tertiary/aromatic N) is 3. The van der Waals surface area contributed by atoms with Crippen LogP contribution in [0.5, 0.6) is 0 Å². The second kappa shape index (κ2) is 7.12. The third-order valence-corrected chi connectivity index (χ3v) is 5.13. The third kappa shape index (κ3) is 3.42. The quantitative estimate of drug-likeness (QED) is 0.756. The zero-order valence-corrected chi connectivity index (χ0v) is 13.4. The number of hydrogen-bond donors (Lipinski definition) is 0. The molecule has 0 unspecified atom stereocenters. The molecule has 0 radical (unpaired) electrons. The minimum atomic E-state index is 0.265. The molecule has 4 nitrogen and oxygen atoms in total. The fourth-order valence-corrected chi connectivity index (χ4v) is 3.59. The lowest BCUT2D eigenvalue weighted by Crippen LogP contribution is -2.39. The maximum Gasteiger partial charge on any atom is 0.222 e. The molecule has 2 aliphatic rings. The van der Waals surface area contributed by atoms with E-state index in [4.69, 9.17) is 0 Å². The van der Waals surface area contributed by atoms with Crippen molar-refractivity contribution in [3.63, 3.8) is 0 Å². The van der Waals surface area contributed by atoms with Crippen LogP contribution in [0.25, 0.3) is 0 Å². The van der Waals surface area contributed by atoms with Gasteiger partial charge in [0.25, 0.3) is 0 Å². The van der Waals surface area contributed by atoms with E-state index in [0.29, 0.717) is 12.3 Å². The van der Waals surface area contributed by atoms with Gasteiger partial charge in [-0.2, -0.15) is 0 Å². The molecule has 22 heavy (non-hydrogen) atoms. The monoisotopic (exact) mass is 301 g/mol. The number of rotatable bonds is 6. The van der Waals surface area contributed by atoms with E-state index < -0.39 is 0 Å². The van der Waals surface area contributed by atoms with E-state index in [9.17, 15) is 4.79 Å². The van der Waals surface area contributed by atoms with Crippen molar-refractivity contribution in [2.75, 3.05) is 13.1 Å². The van der Waals surface area contributed by atoms with Crippen molar-refractivity contribution in [3.8, 4) is 0 Å². The van der Waals surface area contributed by atoms with Gasteiger partial charge in [0.1, 0.15) is 5.82 Å². The van der Waals surface area contributed by atoms with Crippen LogP contribution >= 0.6 is 0 Å². The van der Waals surface area contributed by atoms with Crippen molar-refractivity contribution in [3.05, 3.63) is 30.9 Å². The average molecular weight is 301 g/mol. The molecule has 1 aromatic rings. The second-order valence-electron chi connectivity index (χ2n) is 6.74. The topological polar surface area (TPSA) is 38.1 Å². The lowest BCUT2D eigenvalue weighted by atomic mass is 9.85. The minimum Gasteiger partial charge on any atom is -0.342 e. The van der Waals surface area contributed by atoms with E-state index in [2.05, 4.69) is 22.3 Å². The number of likely N-dealkylation sites (tertiary alicyclic amines) is 1. The van der Waals surface area contributed by atoms with Crippen LogP contribution in [0.1, 0.15) is 56.7 Å². The number of piperidine rings is 1. The average Bonchev–Trinajstić information content (AvgIpc) is 2.97.